The van der Waals surface area contributed by atoms with E-state index in [0.29, 0.717) is 0 Å². The second-order valence-electron chi connectivity index (χ2n) is 1.81. The predicted molar refractivity (Wildman–Crippen MR) is 44.3 cm³/mol. The van der Waals surface area contributed by atoms with Crippen molar-refractivity contribution in [2.24, 2.45) is 0 Å². The minimum Gasteiger partial charge on any atom is -0.344 e. The Bertz CT molecular complexity index is 80.9. The molecular weight excluding hydrogens is 112 g/mol. The zero-order chi connectivity index (χ0) is 5.70. The van der Waals surface area contributed by atoms with Gasteiger partial charge in [-0.2, -0.15) is 0 Å². The smallest absolute Gasteiger partial charge is 0.0169 e. The molecule has 0 aromatic heterocycles. The van der Waals surface area contributed by atoms with E-state index in [2.05, 4.69) is 26.5 Å². The topological polar surface area (TPSA) is 70.0 Å². The van der Waals surface area contributed by atoms with Crippen molar-refractivity contribution in [1.82, 2.24) is 12.3 Å². The summed E-state index contributed by atoms with van der Waals surface area (Å²) in [6.07, 6.45) is 5.04. The summed E-state index contributed by atoms with van der Waals surface area (Å²) in [6, 6.07) is 0. The first kappa shape index (κ1) is 15.8. The van der Waals surface area contributed by atoms with Gasteiger partial charge >= 0.3 is 0 Å². The van der Waals surface area contributed by atoms with Crippen molar-refractivity contribution < 1.29 is 0 Å². The van der Waals surface area contributed by atoms with Crippen LogP contribution < -0.4 is 12.3 Å². The first-order valence-corrected chi connectivity index (χ1v) is 2.51. The number of hydrogen-bond acceptors (Lipinski definition) is 2. The van der Waals surface area contributed by atoms with Gasteiger partial charge in [0.1, 0.15) is 0 Å². The fourth-order valence-corrected chi connectivity index (χ4v) is 0.319. The molecular formula is C7H18N2. The van der Waals surface area contributed by atoms with Crippen LogP contribution in [-0.2, 0) is 0 Å². The van der Waals surface area contributed by atoms with Gasteiger partial charge in [-0.15, -0.1) is 6.58 Å². The van der Waals surface area contributed by atoms with Crippen molar-refractivity contribution in [2.45, 2.75) is 20.3 Å². The van der Waals surface area contributed by atoms with Crippen molar-refractivity contribution in [2.75, 3.05) is 0 Å². The zero-order valence-corrected chi connectivity index (χ0v) is 6.48. The molecule has 6 N–H and O–H groups in total. The molecule has 0 fully saturated rings. The van der Waals surface area contributed by atoms with Crippen LogP contribution in [0.3, 0.4) is 0 Å². The number of rotatable bonds is 2. The van der Waals surface area contributed by atoms with Gasteiger partial charge in [0, 0.05) is 0 Å². The first-order chi connectivity index (χ1) is 3.27. The lowest BCUT2D eigenvalue weighted by molar-refractivity contribution is 1.28. The lowest BCUT2D eigenvalue weighted by Gasteiger charge is -1.81. The van der Waals surface area contributed by atoms with E-state index in [1.54, 1.807) is 0 Å². The molecule has 0 amide bonds. The summed E-state index contributed by atoms with van der Waals surface area (Å²) >= 11 is 0. The molecule has 0 saturated heterocycles. The largest absolute Gasteiger partial charge is 0.344 e. The van der Waals surface area contributed by atoms with Crippen LogP contribution in [0.25, 0.3) is 0 Å². The van der Waals surface area contributed by atoms with Gasteiger partial charge in [0.05, 0.1) is 0 Å². The Balaban J connectivity index is -0.000000180. The van der Waals surface area contributed by atoms with E-state index >= 15 is 0 Å². The SMILES string of the molecule is C=CCC=C(C)C.N.N. The molecule has 0 aromatic carbocycles. The van der Waals surface area contributed by atoms with E-state index in [9.17, 15) is 0 Å². The summed E-state index contributed by atoms with van der Waals surface area (Å²) in [5.41, 5.74) is 1.36. The molecule has 0 rings (SSSR count). The molecule has 0 aliphatic rings. The highest BCUT2D eigenvalue weighted by Gasteiger charge is 1.69. The lowest BCUT2D eigenvalue weighted by Crippen LogP contribution is -1.60. The average Bonchev–Trinajstić information content (AvgIpc) is 1.61. The Morgan fingerprint density at radius 3 is 1.89 bits per heavy atom. The molecule has 2 heteroatoms. The predicted octanol–water partition coefficient (Wildman–Crippen LogP) is 2.85. The Morgan fingerprint density at radius 2 is 1.78 bits per heavy atom. The summed E-state index contributed by atoms with van der Waals surface area (Å²) in [4.78, 5) is 0. The van der Waals surface area contributed by atoms with Gasteiger partial charge in [-0.25, -0.2) is 0 Å². The van der Waals surface area contributed by atoms with Crippen molar-refractivity contribution in [3.05, 3.63) is 24.3 Å². The van der Waals surface area contributed by atoms with Crippen LogP contribution in [0.15, 0.2) is 24.3 Å². The van der Waals surface area contributed by atoms with Gasteiger partial charge in [-0.05, 0) is 20.3 Å². The zero-order valence-electron chi connectivity index (χ0n) is 6.48. The summed E-state index contributed by atoms with van der Waals surface area (Å²) in [7, 11) is 0. The Morgan fingerprint density at radius 1 is 1.33 bits per heavy atom. The third-order valence-corrected chi connectivity index (χ3v) is 0.693. The molecule has 0 atom stereocenters. The highest BCUT2D eigenvalue weighted by molar-refractivity contribution is 4.96. The van der Waals surface area contributed by atoms with Gasteiger partial charge < -0.3 is 12.3 Å². The molecule has 0 aliphatic heterocycles. The summed E-state index contributed by atoms with van der Waals surface area (Å²) < 4.78 is 0. The molecule has 0 spiro atoms. The average molecular weight is 130 g/mol. The van der Waals surface area contributed by atoms with E-state index in [4.69, 9.17) is 0 Å². The van der Waals surface area contributed by atoms with Crippen LogP contribution in [0.5, 0.6) is 0 Å². The fourth-order valence-electron chi connectivity index (χ4n) is 0.319. The van der Waals surface area contributed by atoms with Crippen LogP contribution >= 0.6 is 0 Å². The highest BCUT2D eigenvalue weighted by atomic mass is 14.0. The fraction of sp³-hybridized carbons (Fsp3) is 0.429. The Labute approximate surface area is 57.8 Å². The molecule has 9 heavy (non-hydrogen) atoms. The molecule has 0 aromatic rings. The molecule has 0 bridgehead atoms. The minimum atomic E-state index is 0. The number of allylic oxidation sites excluding steroid dienone is 3. The van der Waals surface area contributed by atoms with Gasteiger partial charge in [0.2, 0.25) is 0 Å². The normalized spacial score (nSPS) is 6.00. The highest BCUT2D eigenvalue weighted by Crippen LogP contribution is 1.91. The van der Waals surface area contributed by atoms with Gasteiger partial charge in [0.15, 0.2) is 0 Å². The minimum absolute atomic E-state index is 0. The van der Waals surface area contributed by atoms with Crippen molar-refractivity contribution >= 4 is 0 Å². The second-order valence-corrected chi connectivity index (χ2v) is 1.81. The molecule has 0 heterocycles. The Hall–Kier alpha value is -0.600. The van der Waals surface area contributed by atoms with Crippen LogP contribution in [0, 0.1) is 0 Å². The van der Waals surface area contributed by atoms with Crippen molar-refractivity contribution in [1.29, 1.82) is 0 Å². The molecule has 56 valence electrons. The van der Waals surface area contributed by atoms with Gasteiger partial charge in [-0.1, -0.05) is 17.7 Å². The molecule has 0 aliphatic carbocycles. The van der Waals surface area contributed by atoms with E-state index in [-0.39, 0.29) is 12.3 Å². The first-order valence-electron chi connectivity index (χ1n) is 2.51. The third-order valence-electron chi connectivity index (χ3n) is 0.693. The monoisotopic (exact) mass is 130 g/mol. The van der Waals surface area contributed by atoms with Crippen LogP contribution in [-0.4, -0.2) is 0 Å². The molecule has 0 unspecified atom stereocenters. The standard InChI is InChI=1S/C7H12.2H3N/c1-4-5-6-7(2)3;;/h4,6H,1,5H2,2-3H3;2*1H3. The van der Waals surface area contributed by atoms with Crippen LogP contribution in [0.1, 0.15) is 20.3 Å². The maximum Gasteiger partial charge on any atom is -0.0169 e. The second kappa shape index (κ2) is 10.4. The molecule has 2 nitrogen and oxygen atoms in total. The molecule has 0 radical (unpaired) electrons. The van der Waals surface area contributed by atoms with Crippen LogP contribution in [0.4, 0.5) is 0 Å². The summed E-state index contributed by atoms with van der Waals surface area (Å²) in [5.74, 6) is 0. The maximum atomic E-state index is 3.59. The number of hydrogen-bond donors (Lipinski definition) is 2. The van der Waals surface area contributed by atoms with Gasteiger partial charge in [-0.3, -0.25) is 0 Å². The van der Waals surface area contributed by atoms with Crippen molar-refractivity contribution in [3.63, 3.8) is 0 Å². The van der Waals surface area contributed by atoms with Crippen LogP contribution in [0.2, 0.25) is 0 Å². The van der Waals surface area contributed by atoms with E-state index in [1.807, 2.05) is 6.08 Å². The molecule has 0 saturated carbocycles. The quantitative estimate of drug-likeness (QED) is 0.564. The summed E-state index contributed by atoms with van der Waals surface area (Å²) in [6.45, 7) is 7.76. The van der Waals surface area contributed by atoms with Gasteiger partial charge in [0.25, 0.3) is 0 Å². The van der Waals surface area contributed by atoms with Crippen molar-refractivity contribution in [3.8, 4) is 0 Å². The van der Waals surface area contributed by atoms with E-state index in [1.165, 1.54) is 5.57 Å². The third kappa shape index (κ3) is 18.7. The van der Waals surface area contributed by atoms with E-state index < -0.39 is 0 Å². The van der Waals surface area contributed by atoms with E-state index in [0.717, 1.165) is 6.42 Å². The maximum absolute atomic E-state index is 3.59. The lowest BCUT2D eigenvalue weighted by atomic mass is 10.3. The summed E-state index contributed by atoms with van der Waals surface area (Å²) in [5, 5.41) is 0. The Kier molecular flexibility index (Phi) is 18.2.